The Labute approximate surface area is 124 Å². The Morgan fingerprint density at radius 3 is 2.81 bits per heavy atom. The molecule has 1 aromatic rings. The summed E-state index contributed by atoms with van der Waals surface area (Å²) in [7, 11) is 0. The van der Waals surface area contributed by atoms with Crippen molar-refractivity contribution in [2.75, 3.05) is 0 Å². The summed E-state index contributed by atoms with van der Waals surface area (Å²) in [4.78, 5) is 15.8. The second-order valence-corrected chi connectivity index (χ2v) is 5.32. The zero-order valence-electron chi connectivity index (χ0n) is 11.9. The molecule has 0 fully saturated rings. The minimum absolute atomic E-state index is 0.135. The van der Waals surface area contributed by atoms with E-state index in [0.29, 0.717) is 6.42 Å². The average Bonchev–Trinajstić information content (AvgIpc) is 2.71. The molecule has 1 heterocycles. The second-order valence-electron chi connectivity index (χ2n) is 5.32. The molecule has 106 valence electrons. The molecule has 1 atom stereocenters. The van der Waals surface area contributed by atoms with Crippen LogP contribution >= 0.6 is 0 Å². The van der Waals surface area contributed by atoms with Gasteiger partial charge in [0, 0.05) is 23.6 Å². The number of fused-ring (bicyclic) bond motifs is 3. The molecule has 1 aromatic carbocycles. The molecule has 1 aliphatic heterocycles. The van der Waals surface area contributed by atoms with Gasteiger partial charge in [-0.05, 0) is 29.7 Å². The lowest BCUT2D eigenvalue weighted by Crippen LogP contribution is -2.09. The molecule has 2 bridgehead atoms. The second kappa shape index (κ2) is 5.52. The lowest BCUT2D eigenvalue weighted by Gasteiger charge is -2.15. The largest absolute Gasteiger partial charge is 0.481 e. The topological polar surface area (TPSA) is 49.7 Å². The van der Waals surface area contributed by atoms with E-state index in [1.807, 2.05) is 42.5 Å². The Hall–Kier alpha value is -2.42. The van der Waals surface area contributed by atoms with Gasteiger partial charge in [0.1, 0.15) is 0 Å². The van der Waals surface area contributed by atoms with Gasteiger partial charge in [0.25, 0.3) is 0 Å². The van der Waals surface area contributed by atoms with Crippen molar-refractivity contribution in [1.82, 2.24) is 0 Å². The Morgan fingerprint density at radius 1 is 1.24 bits per heavy atom. The molecule has 0 spiro atoms. The van der Waals surface area contributed by atoms with Crippen LogP contribution in [0.2, 0.25) is 0 Å². The fourth-order valence-electron chi connectivity index (χ4n) is 2.89. The summed E-state index contributed by atoms with van der Waals surface area (Å²) < 4.78 is 0. The number of allylic oxidation sites excluding steroid dienone is 6. The minimum Gasteiger partial charge on any atom is -0.481 e. The number of aliphatic carboxylic acids is 1. The van der Waals surface area contributed by atoms with Crippen LogP contribution in [0.25, 0.3) is 5.57 Å². The van der Waals surface area contributed by atoms with Crippen molar-refractivity contribution >= 4 is 22.9 Å². The number of hydrogen-bond acceptors (Lipinski definition) is 2. The van der Waals surface area contributed by atoms with Crippen LogP contribution in [0.5, 0.6) is 0 Å². The SMILES string of the molecule is CC1C2=Nc3ccccc3C(CCC(=O)O)=C1C=CC=C2. The van der Waals surface area contributed by atoms with E-state index in [9.17, 15) is 4.79 Å². The molecule has 0 saturated heterocycles. The maximum absolute atomic E-state index is 11.0. The van der Waals surface area contributed by atoms with Crippen molar-refractivity contribution < 1.29 is 9.90 Å². The van der Waals surface area contributed by atoms with Crippen LogP contribution in [0.1, 0.15) is 25.3 Å². The molecular weight excluding hydrogens is 262 g/mol. The molecule has 0 radical (unpaired) electrons. The minimum atomic E-state index is -0.769. The molecule has 1 N–H and O–H groups in total. The van der Waals surface area contributed by atoms with Gasteiger partial charge in [-0.15, -0.1) is 0 Å². The first kappa shape index (κ1) is 13.6. The van der Waals surface area contributed by atoms with Gasteiger partial charge in [0.05, 0.1) is 5.69 Å². The van der Waals surface area contributed by atoms with Gasteiger partial charge in [0.2, 0.25) is 0 Å². The van der Waals surface area contributed by atoms with Crippen LogP contribution in [-0.4, -0.2) is 16.8 Å². The summed E-state index contributed by atoms with van der Waals surface area (Å²) >= 11 is 0. The predicted octanol–water partition coefficient (Wildman–Crippen LogP) is 4.15. The van der Waals surface area contributed by atoms with Crippen LogP contribution in [-0.2, 0) is 4.79 Å². The average molecular weight is 279 g/mol. The van der Waals surface area contributed by atoms with Crippen LogP contribution in [0.3, 0.4) is 0 Å². The lowest BCUT2D eigenvalue weighted by atomic mass is 9.87. The zero-order valence-corrected chi connectivity index (χ0v) is 11.9. The van der Waals surface area contributed by atoms with Crippen molar-refractivity contribution in [1.29, 1.82) is 0 Å². The molecule has 1 aliphatic carbocycles. The third-order valence-corrected chi connectivity index (χ3v) is 3.98. The normalized spacial score (nSPS) is 19.7. The molecule has 21 heavy (non-hydrogen) atoms. The fourth-order valence-corrected chi connectivity index (χ4v) is 2.89. The summed E-state index contributed by atoms with van der Waals surface area (Å²) in [5.74, 6) is -0.592. The van der Waals surface area contributed by atoms with Gasteiger partial charge in [0.15, 0.2) is 0 Å². The molecular formula is C18H17NO2. The molecule has 3 heteroatoms. The third-order valence-electron chi connectivity index (χ3n) is 3.98. The van der Waals surface area contributed by atoms with Crippen molar-refractivity contribution in [3.05, 3.63) is 59.7 Å². The highest BCUT2D eigenvalue weighted by Gasteiger charge is 2.23. The summed E-state index contributed by atoms with van der Waals surface area (Å²) in [5.41, 5.74) is 5.27. The standard InChI is InChI=1S/C18H17NO2/c1-12-13-6-2-4-8-16(12)19-17-9-5-3-7-15(17)14(13)10-11-18(20)21/h2-9,12H,10-11H2,1H3,(H,20,21). The summed E-state index contributed by atoms with van der Waals surface area (Å²) in [6, 6.07) is 7.97. The first-order valence-corrected chi connectivity index (χ1v) is 7.14. The highest BCUT2D eigenvalue weighted by Crippen LogP contribution is 2.39. The van der Waals surface area contributed by atoms with Crippen molar-refractivity contribution in [2.45, 2.75) is 19.8 Å². The van der Waals surface area contributed by atoms with E-state index >= 15 is 0 Å². The number of carboxylic acids is 1. The maximum atomic E-state index is 11.0. The first-order chi connectivity index (χ1) is 10.2. The number of para-hydroxylation sites is 1. The molecule has 3 nitrogen and oxygen atoms in total. The molecule has 0 aromatic heterocycles. The molecule has 0 amide bonds. The Balaban J connectivity index is 2.20. The molecule has 1 unspecified atom stereocenters. The molecule has 0 saturated carbocycles. The summed E-state index contributed by atoms with van der Waals surface area (Å²) in [6.45, 7) is 2.13. The number of carbonyl (C=O) groups is 1. The number of aliphatic imine (C=N–C) groups is 1. The van der Waals surface area contributed by atoms with Crippen molar-refractivity contribution in [3.8, 4) is 0 Å². The van der Waals surface area contributed by atoms with E-state index in [1.165, 1.54) is 5.57 Å². The van der Waals surface area contributed by atoms with E-state index in [4.69, 9.17) is 10.1 Å². The van der Waals surface area contributed by atoms with E-state index < -0.39 is 5.97 Å². The van der Waals surface area contributed by atoms with E-state index in [0.717, 1.165) is 22.5 Å². The van der Waals surface area contributed by atoms with Gasteiger partial charge in [-0.1, -0.05) is 43.4 Å². The fraction of sp³-hybridized carbons (Fsp3) is 0.222. The zero-order chi connectivity index (χ0) is 14.8. The first-order valence-electron chi connectivity index (χ1n) is 7.14. The molecule has 2 aliphatic rings. The number of benzene rings is 1. The summed E-state index contributed by atoms with van der Waals surface area (Å²) in [5, 5.41) is 9.03. The number of hydrogen-bond donors (Lipinski definition) is 1. The Kier molecular flexibility index (Phi) is 3.57. The van der Waals surface area contributed by atoms with E-state index in [2.05, 4.69) is 13.0 Å². The maximum Gasteiger partial charge on any atom is 0.303 e. The molecule has 3 rings (SSSR count). The highest BCUT2D eigenvalue weighted by atomic mass is 16.4. The van der Waals surface area contributed by atoms with Crippen LogP contribution in [0.15, 0.2) is 59.1 Å². The van der Waals surface area contributed by atoms with E-state index in [1.54, 1.807) is 0 Å². The van der Waals surface area contributed by atoms with Gasteiger partial charge in [-0.2, -0.15) is 0 Å². The smallest absolute Gasteiger partial charge is 0.303 e. The number of carboxylic acid groups (broad SMARTS) is 1. The van der Waals surface area contributed by atoms with Crippen LogP contribution < -0.4 is 0 Å². The van der Waals surface area contributed by atoms with Crippen LogP contribution in [0, 0.1) is 5.92 Å². The number of nitrogens with zero attached hydrogens (tertiary/aromatic N) is 1. The third kappa shape index (κ3) is 2.59. The quantitative estimate of drug-likeness (QED) is 0.903. The van der Waals surface area contributed by atoms with Gasteiger partial charge in [-0.25, -0.2) is 0 Å². The lowest BCUT2D eigenvalue weighted by molar-refractivity contribution is -0.136. The van der Waals surface area contributed by atoms with Crippen LogP contribution in [0.4, 0.5) is 5.69 Å². The predicted molar refractivity (Wildman–Crippen MR) is 84.8 cm³/mol. The Morgan fingerprint density at radius 2 is 2.00 bits per heavy atom. The summed E-state index contributed by atoms with van der Waals surface area (Å²) in [6.07, 6.45) is 8.78. The highest BCUT2D eigenvalue weighted by molar-refractivity contribution is 6.05. The van der Waals surface area contributed by atoms with Crippen molar-refractivity contribution in [3.63, 3.8) is 0 Å². The van der Waals surface area contributed by atoms with Gasteiger partial charge >= 0.3 is 5.97 Å². The van der Waals surface area contributed by atoms with Crippen molar-refractivity contribution in [2.24, 2.45) is 10.9 Å². The monoisotopic (exact) mass is 279 g/mol. The Bertz CT molecular complexity index is 708. The van der Waals surface area contributed by atoms with Gasteiger partial charge in [-0.3, -0.25) is 9.79 Å². The number of rotatable bonds is 3. The van der Waals surface area contributed by atoms with Gasteiger partial charge < -0.3 is 5.11 Å². The van der Waals surface area contributed by atoms with E-state index in [-0.39, 0.29) is 12.3 Å².